The maximum atomic E-state index is 10.8. The van der Waals surface area contributed by atoms with Crippen LogP contribution in [-0.2, 0) is 9.53 Å². The Morgan fingerprint density at radius 2 is 2.33 bits per heavy atom. The second kappa shape index (κ2) is 6.05. The second-order valence-corrected chi connectivity index (χ2v) is 4.01. The summed E-state index contributed by atoms with van der Waals surface area (Å²) in [6.07, 6.45) is 2.55. The van der Waals surface area contributed by atoms with Crippen LogP contribution in [-0.4, -0.2) is 61.9 Å². The molecule has 0 aromatic heterocycles. The number of carbonyl (C=O) groups is 1. The molecule has 15 heavy (non-hydrogen) atoms. The van der Waals surface area contributed by atoms with Gasteiger partial charge in [-0.1, -0.05) is 0 Å². The standard InChI is InChI=1S/C10H20N2O3/c1-12(8-3-4-8)6-5-11-9(7-15-2)10(13)14/h8-9,11H,3-7H2,1-2H3,(H,13,14). The van der Waals surface area contributed by atoms with E-state index in [0.29, 0.717) is 6.54 Å². The highest BCUT2D eigenvalue weighted by Gasteiger charge is 2.25. The van der Waals surface area contributed by atoms with Gasteiger partial charge in [0.2, 0.25) is 0 Å². The molecule has 1 rings (SSSR count). The van der Waals surface area contributed by atoms with E-state index < -0.39 is 12.0 Å². The van der Waals surface area contributed by atoms with E-state index in [2.05, 4.69) is 17.3 Å². The normalized spacial score (nSPS) is 18.1. The molecule has 0 aliphatic heterocycles. The van der Waals surface area contributed by atoms with Crippen molar-refractivity contribution in [1.29, 1.82) is 0 Å². The third kappa shape index (κ3) is 4.59. The van der Waals surface area contributed by atoms with E-state index in [9.17, 15) is 4.79 Å². The van der Waals surface area contributed by atoms with E-state index >= 15 is 0 Å². The Bertz CT molecular complexity index is 207. The largest absolute Gasteiger partial charge is 0.480 e. The summed E-state index contributed by atoms with van der Waals surface area (Å²) in [6, 6.07) is 0.125. The van der Waals surface area contributed by atoms with E-state index in [1.54, 1.807) is 0 Å². The molecular weight excluding hydrogens is 196 g/mol. The molecule has 0 spiro atoms. The summed E-state index contributed by atoms with van der Waals surface area (Å²) in [7, 11) is 3.58. The number of carboxylic acid groups (broad SMARTS) is 1. The number of nitrogens with zero attached hydrogens (tertiary/aromatic N) is 1. The molecule has 1 saturated carbocycles. The van der Waals surface area contributed by atoms with E-state index in [-0.39, 0.29) is 6.61 Å². The summed E-state index contributed by atoms with van der Waals surface area (Å²) < 4.78 is 4.83. The fraction of sp³-hybridized carbons (Fsp3) is 0.900. The first-order valence-electron chi connectivity index (χ1n) is 5.30. The summed E-state index contributed by atoms with van der Waals surface area (Å²) in [6.45, 7) is 1.79. The van der Waals surface area contributed by atoms with Crippen molar-refractivity contribution in [2.45, 2.75) is 24.9 Å². The fourth-order valence-electron chi connectivity index (χ4n) is 1.50. The molecule has 5 nitrogen and oxygen atoms in total. The van der Waals surface area contributed by atoms with Crippen LogP contribution in [0.25, 0.3) is 0 Å². The molecule has 1 aliphatic rings. The summed E-state index contributed by atoms with van der Waals surface area (Å²) in [5.74, 6) is -0.856. The van der Waals surface area contributed by atoms with Crippen LogP contribution < -0.4 is 5.32 Å². The number of rotatable bonds is 8. The molecule has 5 heteroatoms. The van der Waals surface area contributed by atoms with Gasteiger partial charge in [0.1, 0.15) is 6.04 Å². The Morgan fingerprint density at radius 1 is 1.67 bits per heavy atom. The number of aliphatic carboxylic acids is 1. The van der Waals surface area contributed by atoms with Crippen molar-refractivity contribution in [3.05, 3.63) is 0 Å². The SMILES string of the molecule is COCC(NCCN(C)C1CC1)C(=O)O. The molecule has 2 N–H and O–H groups in total. The van der Waals surface area contributed by atoms with E-state index in [1.165, 1.54) is 20.0 Å². The quantitative estimate of drug-likeness (QED) is 0.587. The van der Waals surface area contributed by atoms with Crippen LogP contribution in [0.2, 0.25) is 0 Å². The number of hydrogen-bond acceptors (Lipinski definition) is 4. The first-order valence-corrected chi connectivity index (χ1v) is 5.30. The van der Waals surface area contributed by atoms with Gasteiger partial charge in [0.05, 0.1) is 6.61 Å². The van der Waals surface area contributed by atoms with Gasteiger partial charge in [-0.05, 0) is 19.9 Å². The predicted octanol–water partition coefficient (Wildman–Crippen LogP) is -0.230. The molecule has 0 heterocycles. The summed E-state index contributed by atoms with van der Waals surface area (Å²) in [5.41, 5.74) is 0. The fourth-order valence-corrected chi connectivity index (χ4v) is 1.50. The number of likely N-dealkylation sites (N-methyl/N-ethyl adjacent to an activating group) is 1. The third-order valence-electron chi connectivity index (χ3n) is 2.66. The Hall–Kier alpha value is -0.650. The summed E-state index contributed by atoms with van der Waals surface area (Å²) in [5, 5.41) is 11.8. The Kier molecular flexibility index (Phi) is 5.01. The van der Waals surface area contributed by atoms with Crippen molar-refractivity contribution in [2.24, 2.45) is 0 Å². The van der Waals surface area contributed by atoms with Crippen molar-refractivity contribution >= 4 is 5.97 Å². The number of ether oxygens (including phenoxy) is 1. The van der Waals surface area contributed by atoms with Gasteiger partial charge in [-0.2, -0.15) is 0 Å². The van der Waals surface area contributed by atoms with E-state index in [4.69, 9.17) is 9.84 Å². The molecular formula is C10H20N2O3. The number of hydrogen-bond donors (Lipinski definition) is 2. The lowest BCUT2D eigenvalue weighted by molar-refractivity contribution is -0.140. The lowest BCUT2D eigenvalue weighted by Crippen LogP contribution is -2.43. The highest BCUT2D eigenvalue weighted by molar-refractivity contribution is 5.73. The van der Waals surface area contributed by atoms with Gasteiger partial charge in [0.15, 0.2) is 0 Å². The van der Waals surface area contributed by atoms with Gasteiger partial charge < -0.3 is 20.1 Å². The van der Waals surface area contributed by atoms with Gasteiger partial charge in [-0.3, -0.25) is 4.79 Å². The van der Waals surface area contributed by atoms with Gasteiger partial charge in [-0.15, -0.1) is 0 Å². The molecule has 88 valence electrons. The Morgan fingerprint density at radius 3 is 2.80 bits per heavy atom. The van der Waals surface area contributed by atoms with Crippen LogP contribution in [0.4, 0.5) is 0 Å². The predicted molar refractivity (Wildman–Crippen MR) is 57.0 cm³/mol. The molecule has 1 unspecified atom stereocenters. The Balaban J connectivity index is 2.12. The molecule has 0 bridgehead atoms. The number of methoxy groups -OCH3 is 1. The van der Waals surface area contributed by atoms with Crippen molar-refractivity contribution in [3.63, 3.8) is 0 Å². The van der Waals surface area contributed by atoms with Crippen molar-refractivity contribution < 1.29 is 14.6 Å². The molecule has 0 amide bonds. The smallest absolute Gasteiger partial charge is 0.323 e. The molecule has 1 aliphatic carbocycles. The van der Waals surface area contributed by atoms with Gasteiger partial charge in [-0.25, -0.2) is 0 Å². The summed E-state index contributed by atoms with van der Waals surface area (Å²) >= 11 is 0. The average molecular weight is 216 g/mol. The molecule has 1 atom stereocenters. The van der Waals surface area contributed by atoms with Gasteiger partial charge in [0.25, 0.3) is 0 Å². The van der Waals surface area contributed by atoms with Crippen LogP contribution in [0.15, 0.2) is 0 Å². The van der Waals surface area contributed by atoms with Crippen molar-refractivity contribution in [1.82, 2.24) is 10.2 Å². The zero-order chi connectivity index (χ0) is 11.3. The maximum absolute atomic E-state index is 10.8. The second-order valence-electron chi connectivity index (χ2n) is 4.01. The average Bonchev–Trinajstić information content (AvgIpc) is 2.99. The van der Waals surface area contributed by atoms with Crippen LogP contribution >= 0.6 is 0 Å². The van der Waals surface area contributed by atoms with Gasteiger partial charge >= 0.3 is 5.97 Å². The van der Waals surface area contributed by atoms with Crippen LogP contribution in [0.1, 0.15) is 12.8 Å². The minimum Gasteiger partial charge on any atom is -0.480 e. The van der Waals surface area contributed by atoms with Crippen LogP contribution in [0.5, 0.6) is 0 Å². The molecule has 0 aromatic rings. The maximum Gasteiger partial charge on any atom is 0.323 e. The van der Waals surface area contributed by atoms with E-state index in [1.807, 2.05) is 0 Å². The minimum atomic E-state index is -0.856. The monoisotopic (exact) mass is 216 g/mol. The topological polar surface area (TPSA) is 61.8 Å². The van der Waals surface area contributed by atoms with Crippen LogP contribution in [0, 0.1) is 0 Å². The van der Waals surface area contributed by atoms with Gasteiger partial charge in [0, 0.05) is 26.2 Å². The van der Waals surface area contributed by atoms with Crippen LogP contribution in [0.3, 0.4) is 0 Å². The third-order valence-corrected chi connectivity index (χ3v) is 2.66. The first-order chi connectivity index (χ1) is 7.15. The summed E-state index contributed by atoms with van der Waals surface area (Å²) in [4.78, 5) is 13.0. The lowest BCUT2D eigenvalue weighted by atomic mass is 10.3. The molecule has 0 aromatic carbocycles. The zero-order valence-corrected chi connectivity index (χ0v) is 9.40. The van der Waals surface area contributed by atoms with Crippen molar-refractivity contribution in [2.75, 3.05) is 33.9 Å². The zero-order valence-electron chi connectivity index (χ0n) is 9.40. The van der Waals surface area contributed by atoms with E-state index in [0.717, 1.165) is 12.6 Å². The molecule has 0 saturated heterocycles. The number of nitrogens with one attached hydrogen (secondary N) is 1. The molecule has 1 fully saturated rings. The first kappa shape index (κ1) is 12.4. The highest BCUT2D eigenvalue weighted by Crippen LogP contribution is 2.24. The minimum absolute atomic E-state index is 0.211. The highest BCUT2D eigenvalue weighted by atomic mass is 16.5. The van der Waals surface area contributed by atoms with Crippen molar-refractivity contribution in [3.8, 4) is 0 Å². The molecule has 0 radical (unpaired) electrons. The lowest BCUT2D eigenvalue weighted by Gasteiger charge is -2.18. The Labute approximate surface area is 90.4 Å². The number of carboxylic acids is 1.